The number of para-hydroxylation sites is 1. The molecule has 4 nitrogen and oxygen atoms in total. The highest BCUT2D eigenvalue weighted by Crippen LogP contribution is 2.28. The first-order valence-corrected chi connectivity index (χ1v) is 4.62. The number of aromatic nitrogens is 2. The van der Waals surface area contributed by atoms with E-state index in [1.165, 1.54) is 0 Å². The summed E-state index contributed by atoms with van der Waals surface area (Å²) in [6, 6.07) is 9.67. The fraction of sp³-hybridized carbons (Fsp3) is 0. The second-order valence-corrected chi connectivity index (χ2v) is 3.35. The van der Waals surface area contributed by atoms with Gasteiger partial charge in [-0.25, -0.2) is 0 Å². The molecule has 3 rings (SSSR count). The highest BCUT2D eigenvalue weighted by molar-refractivity contribution is 5.91. The lowest BCUT2D eigenvalue weighted by molar-refractivity contribution is 0.616. The Hall–Kier alpha value is -2.23. The third-order valence-electron chi connectivity index (χ3n) is 2.37. The van der Waals surface area contributed by atoms with Crippen LogP contribution in [0.4, 0.5) is 5.82 Å². The largest absolute Gasteiger partial charge is 0.464 e. The molecule has 0 amide bonds. The molecular formula is C11H9N3O. The van der Waals surface area contributed by atoms with Crippen molar-refractivity contribution in [2.75, 3.05) is 5.73 Å². The third kappa shape index (κ3) is 1.19. The molecule has 1 aromatic carbocycles. The molecule has 0 aliphatic rings. The van der Waals surface area contributed by atoms with Crippen molar-refractivity contribution in [3.05, 3.63) is 36.6 Å². The lowest BCUT2D eigenvalue weighted by atomic mass is 10.1. The van der Waals surface area contributed by atoms with Crippen LogP contribution in [0.25, 0.3) is 22.2 Å². The van der Waals surface area contributed by atoms with Crippen LogP contribution in [-0.2, 0) is 0 Å². The molecule has 74 valence electrons. The molecule has 0 unspecified atom stereocenters. The van der Waals surface area contributed by atoms with E-state index in [-0.39, 0.29) is 0 Å². The van der Waals surface area contributed by atoms with Crippen molar-refractivity contribution >= 4 is 16.8 Å². The Morgan fingerprint density at radius 3 is 3.00 bits per heavy atom. The lowest BCUT2D eigenvalue weighted by Gasteiger charge is -1.97. The second kappa shape index (κ2) is 2.88. The Bertz CT molecular complexity index is 609. The summed E-state index contributed by atoms with van der Waals surface area (Å²) in [7, 11) is 0. The highest BCUT2D eigenvalue weighted by atomic mass is 16.3. The number of nitrogens with two attached hydrogens (primary N) is 1. The van der Waals surface area contributed by atoms with Crippen LogP contribution in [0.1, 0.15) is 0 Å². The number of hydrogen-bond acceptors (Lipinski definition) is 3. The van der Waals surface area contributed by atoms with E-state index in [0.717, 1.165) is 22.2 Å². The first-order valence-electron chi connectivity index (χ1n) is 4.62. The van der Waals surface area contributed by atoms with Gasteiger partial charge in [0, 0.05) is 17.0 Å². The summed E-state index contributed by atoms with van der Waals surface area (Å²) in [5.74, 6) is 0.480. The number of nitrogens with one attached hydrogen (secondary N) is 1. The molecule has 0 fully saturated rings. The van der Waals surface area contributed by atoms with Crippen LogP contribution in [0.15, 0.2) is 41.0 Å². The third-order valence-corrected chi connectivity index (χ3v) is 2.37. The highest BCUT2D eigenvalue weighted by Gasteiger charge is 2.08. The smallest absolute Gasteiger partial charge is 0.145 e. The zero-order chi connectivity index (χ0) is 10.3. The van der Waals surface area contributed by atoms with E-state index in [1.807, 2.05) is 24.3 Å². The molecule has 3 N–H and O–H groups in total. The molecule has 0 saturated heterocycles. The number of H-pyrrole nitrogens is 1. The average molecular weight is 199 g/mol. The predicted octanol–water partition coefficient (Wildman–Crippen LogP) is 2.41. The quantitative estimate of drug-likeness (QED) is 0.632. The van der Waals surface area contributed by atoms with E-state index in [2.05, 4.69) is 10.2 Å². The van der Waals surface area contributed by atoms with Crippen molar-refractivity contribution in [2.24, 2.45) is 0 Å². The Labute approximate surface area is 85.7 Å². The van der Waals surface area contributed by atoms with Gasteiger partial charge in [0.2, 0.25) is 0 Å². The van der Waals surface area contributed by atoms with Gasteiger partial charge in [0.05, 0.1) is 12.0 Å². The standard InChI is InChI=1S/C11H9N3O/c12-10-6-9(13-14-10)8-3-1-2-7-4-5-15-11(7)8/h1-6H,(H3,12,13,14). The topological polar surface area (TPSA) is 67.8 Å². The number of rotatable bonds is 1. The summed E-state index contributed by atoms with van der Waals surface area (Å²) in [4.78, 5) is 0. The molecule has 0 atom stereocenters. The molecule has 0 bridgehead atoms. The van der Waals surface area contributed by atoms with Gasteiger partial charge in [-0.05, 0) is 12.1 Å². The van der Waals surface area contributed by atoms with Crippen molar-refractivity contribution in [1.29, 1.82) is 0 Å². The molecule has 2 heterocycles. The van der Waals surface area contributed by atoms with Gasteiger partial charge in [-0.15, -0.1) is 0 Å². The molecule has 15 heavy (non-hydrogen) atoms. The minimum atomic E-state index is 0.480. The van der Waals surface area contributed by atoms with E-state index in [0.29, 0.717) is 5.82 Å². The normalized spacial score (nSPS) is 10.9. The van der Waals surface area contributed by atoms with Crippen LogP contribution in [-0.4, -0.2) is 10.2 Å². The molecule has 0 aliphatic heterocycles. The van der Waals surface area contributed by atoms with E-state index in [4.69, 9.17) is 10.2 Å². The van der Waals surface area contributed by atoms with Gasteiger partial charge < -0.3 is 10.2 Å². The van der Waals surface area contributed by atoms with Crippen LogP contribution >= 0.6 is 0 Å². The molecule has 0 saturated carbocycles. The molecule has 3 aromatic rings. The van der Waals surface area contributed by atoms with E-state index < -0.39 is 0 Å². The van der Waals surface area contributed by atoms with Crippen LogP contribution in [0.5, 0.6) is 0 Å². The number of fused-ring (bicyclic) bond motifs is 1. The maximum Gasteiger partial charge on any atom is 0.145 e. The number of furan rings is 1. The number of aromatic amines is 1. The van der Waals surface area contributed by atoms with Crippen molar-refractivity contribution in [3.8, 4) is 11.3 Å². The zero-order valence-electron chi connectivity index (χ0n) is 7.90. The van der Waals surface area contributed by atoms with E-state index in [1.54, 1.807) is 12.3 Å². The minimum Gasteiger partial charge on any atom is -0.464 e. The van der Waals surface area contributed by atoms with Gasteiger partial charge in [0.15, 0.2) is 0 Å². The monoisotopic (exact) mass is 199 g/mol. The van der Waals surface area contributed by atoms with E-state index in [9.17, 15) is 0 Å². The van der Waals surface area contributed by atoms with Gasteiger partial charge in [-0.1, -0.05) is 12.1 Å². The summed E-state index contributed by atoms with van der Waals surface area (Å²) in [5.41, 5.74) is 8.25. The van der Waals surface area contributed by atoms with Gasteiger partial charge >= 0.3 is 0 Å². The van der Waals surface area contributed by atoms with Crippen molar-refractivity contribution < 1.29 is 4.42 Å². The molecule has 4 heteroatoms. The number of benzene rings is 1. The SMILES string of the molecule is Nc1cc(-c2cccc3ccoc23)[nH]n1. The van der Waals surface area contributed by atoms with E-state index >= 15 is 0 Å². The van der Waals surface area contributed by atoms with Gasteiger partial charge in [0.1, 0.15) is 11.4 Å². The Kier molecular flexibility index (Phi) is 1.56. The average Bonchev–Trinajstić information content (AvgIpc) is 2.84. The molecular weight excluding hydrogens is 190 g/mol. The summed E-state index contributed by atoms with van der Waals surface area (Å²) in [6.07, 6.45) is 1.67. The fourth-order valence-electron chi connectivity index (χ4n) is 1.68. The number of nitrogen functional groups attached to an aromatic ring is 1. The number of anilines is 1. The number of nitrogens with zero attached hydrogens (tertiary/aromatic N) is 1. The first kappa shape index (κ1) is 8.11. The van der Waals surface area contributed by atoms with Crippen molar-refractivity contribution in [1.82, 2.24) is 10.2 Å². The van der Waals surface area contributed by atoms with Gasteiger partial charge in [0.25, 0.3) is 0 Å². The van der Waals surface area contributed by atoms with Crippen LogP contribution in [0, 0.1) is 0 Å². The second-order valence-electron chi connectivity index (χ2n) is 3.35. The zero-order valence-corrected chi connectivity index (χ0v) is 7.90. The molecule has 0 radical (unpaired) electrons. The maximum absolute atomic E-state index is 5.56. The van der Waals surface area contributed by atoms with Crippen molar-refractivity contribution in [2.45, 2.75) is 0 Å². The molecule has 2 aromatic heterocycles. The van der Waals surface area contributed by atoms with Crippen LogP contribution in [0.3, 0.4) is 0 Å². The van der Waals surface area contributed by atoms with Crippen LogP contribution < -0.4 is 5.73 Å². The molecule has 0 spiro atoms. The molecule has 0 aliphatic carbocycles. The predicted molar refractivity (Wildman–Crippen MR) is 58.2 cm³/mol. The van der Waals surface area contributed by atoms with Gasteiger partial charge in [-0.2, -0.15) is 5.10 Å². The summed E-state index contributed by atoms with van der Waals surface area (Å²) in [6.45, 7) is 0. The maximum atomic E-state index is 5.56. The first-order chi connectivity index (χ1) is 7.34. The minimum absolute atomic E-state index is 0.480. The van der Waals surface area contributed by atoms with Gasteiger partial charge in [-0.3, -0.25) is 5.10 Å². The number of hydrogen-bond donors (Lipinski definition) is 2. The Balaban J connectivity index is 2.30. The lowest BCUT2D eigenvalue weighted by Crippen LogP contribution is -1.81. The van der Waals surface area contributed by atoms with Crippen LogP contribution in [0.2, 0.25) is 0 Å². The Morgan fingerprint density at radius 2 is 2.20 bits per heavy atom. The summed E-state index contributed by atoms with van der Waals surface area (Å²) in [5, 5.41) is 7.83. The van der Waals surface area contributed by atoms with Crippen molar-refractivity contribution in [3.63, 3.8) is 0 Å². The summed E-state index contributed by atoms with van der Waals surface area (Å²) >= 11 is 0. The fourth-order valence-corrected chi connectivity index (χ4v) is 1.68. The summed E-state index contributed by atoms with van der Waals surface area (Å²) < 4.78 is 5.42. The Morgan fingerprint density at radius 1 is 1.27 bits per heavy atom.